The number of hydrogen-bond donors (Lipinski definition) is 1. The average Bonchev–Trinajstić information content (AvgIpc) is 2.29. The number of pyridine rings is 1. The smallest absolute Gasteiger partial charge is 0.163 e. The lowest BCUT2D eigenvalue weighted by atomic mass is 10.2. The third kappa shape index (κ3) is 2.13. The van der Waals surface area contributed by atoms with E-state index in [1.807, 2.05) is 19.1 Å². The highest BCUT2D eigenvalue weighted by molar-refractivity contribution is 5.53. The molecule has 0 aliphatic heterocycles. The van der Waals surface area contributed by atoms with Crippen LogP contribution in [-0.4, -0.2) is 19.9 Å². The second-order valence-corrected chi connectivity index (χ2v) is 3.06. The van der Waals surface area contributed by atoms with Gasteiger partial charge in [-0.3, -0.25) is 4.98 Å². The number of nitrogens with zero attached hydrogens (tertiary/aromatic N) is 4. The van der Waals surface area contributed by atoms with Crippen molar-refractivity contribution in [3.8, 4) is 11.4 Å². The van der Waals surface area contributed by atoms with Gasteiger partial charge >= 0.3 is 0 Å². The molecular formula is C10H11N5. The summed E-state index contributed by atoms with van der Waals surface area (Å²) in [4.78, 5) is 16.5. The first-order valence-electron chi connectivity index (χ1n) is 4.61. The van der Waals surface area contributed by atoms with Crippen LogP contribution in [0, 0.1) is 6.92 Å². The predicted octanol–water partition coefficient (Wildman–Crippen LogP) is 0.701. The first kappa shape index (κ1) is 9.67. The molecule has 0 atom stereocenters. The zero-order valence-electron chi connectivity index (χ0n) is 8.38. The van der Waals surface area contributed by atoms with Gasteiger partial charge in [-0.05, 0) is 19.1 Å². The molecule has 0 bridgehead atoms. The van der Waals surface area contributed by atoms with Crippen LogP contribution in [-0.2, 0) is 6.54 Å². The Morgan fingerprint density at radius 1 is 1.13 bits per heavy atom. The first-order valence-corrected chi connectivity index (χ1v) is 4.61. The molecule has 76 valence electrons. The van der Waals surface area contributed by atoms with Crippen LogP contribution in [0.5, 0.6) is 0 Å². The molecule has 0 spiro atoms. The van der Waals surface area contributed by atoms with Crippen molar-refractivity contribution in [2.75, 3.05) is 0 Å². The summed E-state index contributed by atoms with van der Waals surface area (Å²) < 4.78 is 0. The molecule has 0 unspecified atom stereocenters. The van der Waals surface area contributed by atoms with E-state index >= 15 is 0 Å². The van der Waals surface area contributed by atoms with Gasteiger partial charge in [-0.2, -0.15) is 0 Å². The first-order chi connectivity index (χ1) is 7.29. The van der Waals surface area contributed by atoms with Crippen LogP contribution >= 0.6 is 0 Å². The van der Waals surface area contributed by atoms with E-state index in [4.69, 9.17) is 5.73 Å². The van der Waals surface area contributed by atoms with Gasteiger partial charge in [-0.1, -0.05) is 0 Å². The predicted molar refractivity (Wildman–Crippen MR) is 55.7 cm³/mol. The molecule has 2 heterocycles. The average molecular weight is 201 g/mol. The lowest BCUT2D eigenvalue weighted by Gasteiger charge is -2.02. The normalized spacial score (nSPS) is 10.3. The molecule has 0 amide bonds. The van der Waals surface area contributed by atoms with Crippen LogP contribution in [0.1, 0.15) is 11.6 Å². The molecule has 15 heavy (non-hydrogen) atoms. The summed E-state index contributed by atoms with van der Waals surface area (Å²) in [7, 11) is 0. The van der Waals surface area contributed by atoms with Gasteiger partial charge in [0, 0.05) is 18.0 Å². The second kappa shape index (κ2) is 4.10. The molecule has 0 aromatic carbocycles. The van der Waals surface area contributed by atoms with E-state index in [9.17, 15) is 0 Å². The van der Waals surface area contributed by atoms with Crippen LogP contribution < -0.4 is 5.73 Å². The van der Waals surface area contributed by atoms with Crippen molar-refractivity contribution < 1.29 is 0 Å². The van der Waals surface area contributed by atoms with E-state index in [1.54, 1.807) is 12.4 Å². The van der Waals surface area contributed by atoms with Gasteiger partial charge in [0.2, 0.25) is 0 Å². The minimum absolute atomic E-state index is 0.321. The fourth-order valence-corrected chi connectivity index (χ4v) is 1.26. The Bertz CT molecular complexity index is 455. The van der Waals surface area contributed by atoms with Crippen LogP contribution in [0.15, 0.2) is 24.5 Å². The summed E-state index contributed by atoms with van der Waals surface area (Å²) in [6.07, 6.45) is 3.41. The maximum atomic E-state index is 5.50. The van der Waals surface area contributed by atoms with Crippen molar-refractivity contribution in [3.05, 3.63) is 36.2 Å². The molecule has 2 aromatic rings. The fourth-order valence-electron chi connectivity index (χ4n) is 1.26. The van der Waals surface area contributed by atoms with Gasteiger partial charge in [0.15, 0.2) is 5.82 Å². The van der Waals surface area contributed by atoms with Crippen molar-refractivity contribution in [1.82, 2.24) is 19.9 Å². The number of nitrogens with two attached hydrogens (primary N) is 1. The number of aromatic nitrogens is 4. The van der Waals surface area contributed by atoms with Gasteiger partial charge in [-0.25, -0.2) is 15.0 Å². The summed E-state index contributed by atoms with van der Waals surface area (Å²) in [5.41, 5.74) is 6.42. The molecule has 2 rings (SSSR count). The quantitative estimate of drug-likeness (QED) is 0.773. The molecule has 2 aromatic heterocycles. The van der Waals surface area contributed by atoms with Gasteiger partial charge in [0.25, 0.3) is 0 Å². The molecule has 0 aliphatic carbocycles. The largest absolute Gasteiger partial charge is 0.324 e. The van der Waals surface area contributed by atoms with Crippen LogP contribution in [0.4, 0.5) is 0 Å². The highest BCUT2D eigenvalue weighted by Crippen LogP contribution is 2.12. The number of aryl methyl sites for hydroxylation is 1. The molecule has 0 saturated carbocycles. The van der Waals surface area contributed by atoms with E-state index < -0.39 is 0 Å². The SMILES string of the molecule is Cc1nc(CN)nc(-c2ccncc2)n1. The summed E-state index contributed by atoms with van der Waals surface area (Å²) >= 11 is 0. The molecule has 0 radical (unpaired) electrons. The third-order valence-corrected chi connectivity index (χ3v) is 1.91. The Morgan fingerprint density at radius 2 is 1.87 bits per heavy atom. The van der Waals surface area contributed by atoms with E-state index in [1.165, 1.54) is 0 Å². The van der Waals surface area contributed by atoms with Crippen molar-refractivity contribution in [3.63, 3.8) is 0 Å². The lowest BCUT2D eigenvalue weighted by Crippen LogP contribution is -2.07. The Kier molecular flexibility index (Phi) is 2.64. The van der Waals surface area contributed by atoms with Crippen molar-refractivity contribution in [2.24, 2.45) is 5.73 Å². The number of hydrogen-bond acceptors (Lipinski definition) is 5. The summed E-state index contributed by atoms with van der Waals surface area (Å²) in [5.74, 6) is 1.93. The van der Waals surface area contributed by atoms with Crippen molar-refractivity contribution >= 4 is 0 Å². The lowest BCUT2D eigenvalue weighted by molar-refractivity contribution is 0.851. The van der Waals surface area contributed by atoms with Crippen LogP contribution in [0.25, 0.3) is 11.4 Å². The monoisotopic (exact) mass is 201 g/mol. The Morgan fingerprint density at radius 3 is 2.53 bits per heavy atom. The number of rotatable bonds is 2. The molecular weight excluding hydrogens is 190 g/mol. The molecule has 2 N–H and O–H groups in total. The Balaban J connectivity index is 2.49. The summed E-state index contributed by atoms with van der Waals surface area (Å²) in [5, 5.41) is 0. The summed E-state index contributed by atoms with van der Waals surface area (Å²) in [6.45, 7) is 2.15. The van der Waals surface area contributed by atoms with E-state index in [-0.39, 0.29) is 0 Å². The van der Waals surface area contributed by atoms with Gasteiger partial charge in [0.1, 0.15) is 11.6 Å². The van der Waals surface area contributed by atoms with E-state index in [2.05, 4.69) is 19.9 Å². The zero-order chi connectivity index (χ0) is 10.7. The second-order valence-electron chi connectivity index (χ2n) is 3.06. The van der Waals surface area contributed by atoms with Crippen LogP contribution in [0.2, 0.25) is 0 Å². The molecule has 0 aliphatic rings. The Hall–Kier alpha value is -1.88. The molecule has 0 fully saturated rings. The highest BCUT2D eigenvalue weighted by atomic mass is 15.0. The standard InChI is InChI=1S/C10H11N5/c1-7-13-9(6-11)15-10(14-7)8-2-4-12-5-3-8/h2-5H,6,11H2,1H3. The van der Waals surface area contributed by atoms with E-state index in [0.717, 1.165) is 5.56 Å². The van der Waals surface area contributed by atoms with E-state index in [0.29, 0.717) is 24.0 Å². The minimum Gasteiger partial charge on any atom is -0.324 e. The maximum absolute atomic E-state index is 5.50. The van der Waals surface area contributed by atoms with Gasteiger partial charge < -0.3 is 5.73 Å². The zero-order valence-corrected chi connectivity index (χ0v) is 8.38. The minimum atomic E-state index is 0.321. The van der Waals surface area contributed by atoms with Crippen LogP contribution in [0.3, 0.4) is 0 Å². The summed E-state index contributed by atoms with van der Waals surface area (Å²) in [6, 6.07) is 3.71. The van der Waals surface area contributed by atoms with Crippen molar-refractivity contribution in [1.29, 1.82) is 0 Å². The topological polar surface area (TPSA) is 77.6 Å². The third-order valence-electron chi connectivity index (χ3n) is 1.91. The Labute approximate surface area is 87.4 Å². The van der Waals surface area contributed by atoms with Gasteiger partial charge in [0.05, 0.1) is 6.54 Å². The fraction of sp³-hybridized carbons (Fsp3) is 0.200. The highest BCUT2D eigenvalue weighted by Gasteiger charge is 2.04. The molecule has 5 heteroatoms. The van der Waals surface area contributed by atoms with Gasteiger partial charge in [-0.15, -0.1) is 0 Å². The molecule has 0 saturated heterocycles. The maximum Gasteiger partial charge on any atom is 0.163 e. The van der Waals surface area contributed by atoms with Crippen molar-refractivity contribution in [2.45, 2.75) is 13.5 Å². The molecule has 5 nitrogen and oxygen atoms in total.